The zero-order valence-corrected chi connectivity index (χ0v) is 10.1. The van der Waals surface area contributed by atoms with Gasteiger partial charge in [-0.25, -0.2) is 4.79 Å². The summed E-state index contributed by atoms with van der Waals surface area (Å²) in [4.78, 5) is 22.0. The first-order valence-electron chi connectivity index (χ1n) is 5.26. The predicted molar refractivity (Wildman–Crippen MR) is 63.4 cm³/mol. The average Bonchev–Trinajstić information content (AvgIpc) is 2.31. The molecule has 1 rings (SSSR count). The van der Waals surface area contributed by atoms with Gasteiger partial charge in [-0.2, -0.15) is 0 Å². The molecule has 0 bridgehead atoms. The van der Waals surface area contributed by atoms with E-state index in [9.17, 15) is 14.7 Å². The van der Waals surface area contributed by atoms with Crippen LogP contribution in [0.1, 0.15) is 33.9 Å². The van der Waals surface area contributed by atoms with Gasteiger partial charge >= 0.3 is 11.9 Å². The van der Waals surface area contributed by atoms with Crippen molar-refractivity contribution in [1.29, 1.82) is 0 Å². The number of benzene rings is 1. The van der Waals surface area contributed by atoms with E-state index in [4.69, 9.17) is 10.8 Å². The summed E-state index contributed by atoms with van der Waals surface area (Å²) in [7, 11) is 1.23. The number of esters is 1. The molecular formula is C12H15NO5. The Bertz CT molecular complexity index is 484. The van der Waals surface area contributed by atoms with E-state index in [0.717, 1.165) is 0 Å². The molecule has 0 unspecified atom stereocenters. The number of aryl methyl sites for hydroxylation is 1. The lowest BCUT2D eigenvalue weighted by molar-refractivity contribution is -0.141. The molecule has 6 heteroatoms. The number of carbonyl (C=O) groups excluding carboxylic acids is 1. The number of methoxy groups -OCH3 is 1. The second kappa shape index (κ2) is 5.50. The molecule has 0 saturated heterocycles. The number of carboxylic acid groups (broad SMARTS) is 1. The molecule has 6 nitrogen and oxygen atoms in total. The molecule has 1 atom stereocenters. The number of carbonyl (C=O) groups is 2. The Balaban J connectivity index is 3.14. The number of phenols is 1. The van der Waals surface area contributed by atoms with Crippen LogP contribution in [0.15, 0.2) is 12.1 Å². The number of carboxylic acids is 1. The highest BCUT2D eigenvalue weighted by atomic mass is 16.5. The fourth-order valence-electron chi connectivity index (χ4n) is 1.59. The minimum Gasteiger partial charge on any atom is -0.507 e. The number of rotatable bonds is 4. The van der Waals surface area contributed by atoms with Gasteiger partial charge in [0.25, 0.3) is 0 Å². The van der Waals surface area contributed by atoms with Crippen LogP contribution in [0.2, 0.25) is 0 Å². The number of phenolic OH excluding ortho intramolecular Hbond substituents is 1. The van der Waals surface area contributed by atoms with E-state index in [0.29, 0.717) is 5.56 Å². The highest BCUT2D eigenvalue weighted by Crippen LogP contribution is 2.29. The van der Waals surface area contributed by atoms with Crippen LogP contribution in [0.25, 0.3) is 0 Å². The van der Waals surface area contributed by atoms with Gasteiger partial charge in [-0.15, -0.1) is 0 Å². The van der Waals surface area contributed by atoms with Crippen LogP contribution < -0.4 is 5.73 Å². The third kappa shape index (κ3) is 2.98. The molecule has 0 radical (unpaired) electrons. The van der Waals surface area contributed by atoms with Crippen molar-refractivity contribution in [3.63, 3.8) is 0 Å². The number of hydrogen-bond acceptors (Lipinski definition) is 5. The van der Waals surface area contributed by atoms with Crippen LogP contribution in [0.4, 0.5) is 0 Å². The predicted octanol–water partition coefficient (Wildman–Crippen LogP) is 0.962. The Morgan fingerprint density at radius 3 is 2.56 bits per heavy atom. The monoisotopic (exact) mass is 253 g/mol. The Kier molecular flexibility index (Phi) is 4.28. The molecule has 18 heavy (non-hydrogen) atoms. The molecule has 98 valence electrons. The van der Waals surface area contributed by atoms with Crippen molar-refractivity contribution in [1.82, 2.24) is 0 Å². The molecule has 1 aromatic carbocycles. The summed E-state index contributed by atoms with van der Waals surface area (Å²) in [6.07, 6.45) is -0.132. The molecule has 0 aliphatic heterocycles. The summed E-state index contributed by atoms with van der Waals surface area (Å²) in [5.74, 6) is -1.75. The summed E-state index contributed by atoms with van der Waals surface area (Å²) in [6, 6.07) is 1.79. The Morgan fingerprint density at radius 1 is 1.44 bits per heavy atom. The average molecular weight is 253 g/mol. The topological polar surface area (TPSA) is 110 Å². The molecule has 0 aliphatic rings. The number of aromatic hydroxyl groups is 1. The fraction of sp³-hybridized carbons (Fsp3) is 0.333. The lowest BCUT2D eigenvalue weighted by Crippen LogP contribution is -2.17. The maximum absolute atomic E-state index is 11.1. The molecule has 0 amide bonds. The van der Waals surface area contributed by atoms with Gasteiger partial charge < -0.3 is 20.7 Å². The summed E-state index contributed by atoms with van der Waals surface area (Å²) in [5.41, 5.74) is 6.38. The zero-order chi connectivity index (χ0) is 13.9. The normalized spacial score (nSPS) is 11.9. The van der Waals surface area contributed by atoms with Crippen LogP contribution in [-0.4, -0.2) is 29.3 Å². The first-order valence-corrected chi connectivity index (χ1v) is 5.26. The van der Waals surface area contributed by atoms with Crippen LogP contribution in [0.5, 0.6) is 5.75 Å². The van der Waals surface area contributed by atoms with Gasteiger partial charge in [0.15, 0.2) is 0 Å². The largest absolute Gasteiger partial charge is 0.507 e. The van der Waals surface area contributed by atoms with Gasteiger partial charge in [0, 0.05) is 11.6 Å². The van der Waals surface area contributed by atoms with Gasteiger partial charge in [-0.05, 0) is 24.6 Å². The smallest absolute Gasteiger partial charge is 0.335 e. The molecule has 0 saturated carbocycles. The van der Waals surface area contributed by atoms with Crippen molar-refractivity contribution in [2.24, 2.45) is 5.73 Å². The number of ether oxygens (including phenoxy) is 1. The third-order valence-corrected chi connectivity index (χ3v) is 2.59. The van der Waals surface area contributed by atoms with E-state index >= 15 is 0 Å². The van der Waals surface area contributed by atoms with Crippen LogP contribution in [0, 0.1) is 6.92 Å². The van der Waals surface area contributed by atoms with E-state index in [1.54, 1.807) is 6.92 Å². The SMILES string of the molecule is COC(=O)C[C@H](N)c1cc(C(=O)O)cc(C)c1O. The minimum absolute atomic E-state index is 0.0145. The molecule has 0 heterocycles. The van der Waals surface area contributed by atoms with Gasteiger partial charge in [-0.3, -0.25) is 4.79 Å². The van der Waals surface area contributed by atoms with Gasteiger partial charge in [0.05, 0.1) is 19.1 Å². The third-order valence-electron chi connectivity index (χ3n) is 2.59. The molecule has 1 aromatic rings. The van der Waals surface area contributed by atoms with Crippen LogP contribution in [0.3, 0.4) is 0 Å². The van der Waals surface area contributed by atoms with Crippen molar-refractivity contribution in [3.8, 4) is 5.75 Å². The second-order valence-electron chi connectivity index (χ2n) is 3.92. The van der Waals surface area contributed by atoms with Crippen molar-refractivity contribution in [2.45, 2.75) is 19.4 Å². The number of aromatic carboxylic acids is 1. The van der Waals surface area contributed by atoms with Gasteiger partial charge in [0.1, 0.15) is 5.75 Å². The van der Waals surface area contributed by atoms with Crippen molar-refractivity contribution >= 4 is 11.9 Å². The highest BCUT2D eigenvalue weighted by Gasteiger charge is 2.19. The second-order valence-corrected chi connectivity index (χ2v) is 3.92. The Labute approximate surface area is 104 Å². The highest BCUT2D eigenvalue weighted by molar-refractivity contribution is 5.88. The van der Waals surface area contributed by atoms with Crippen molar-refractivity contribution in [2.75, 3.05) is 7.11 Å². The molecule has 0 spiro atoms. The molecule has 0 aromatic heterocycles. The standard InChI is InChI=1S/C12H15NO5/c1-6-3-7(12(16)17)4-8(11(6)15)9(13)5-10(14)18-2/h3-4,9,15H,5,13H2,1-2H3,(H,16,17)/t9-/m0/s1. The van der Waals surface area contributed by atoms with E-state index in [1.807, 2.05) is 0 Å². The summed E-state index contributed by atoms with van der Waals surface area (Å²) in [6.45, 7) is 1.57. The van der Waals surface area contributed by atoms with Crippen LogP contribution in [-0.2, 0) is 9.53 Å². The lowest BCUT2D eigenvalue weighted by Gasteiger charge is -2.15. The minimum atomic E-state index is -1.12. The number of hydrogen-bond donors (Lipinski definition) is 3. The van der Waals surface area contributed by atoms with Crippen molar-refractivity contribution < 1.29 is 24.5 Å². The van der Waals surface area contributed by atoms with Crippen molar-refractivity contribution in [3.05, 3.63) is 28.8 Å². The maximum Gasteiger partial charge on any atom is 0.335 e. The van der Waals surface area contributed by atoms with Crippen LogP contribution >= 0.6 is 0 Å². The fourth-order valence-corrected chi connectivity index (χ4v) is 1.59. The zero-order valence-electron chi connectivity index (χ0n) is 10.1. The quantitative estimate of drug-likeness (QED) is 0.689. The Hall–Kier alpha value is -2.08. The number of nitrogens with two attached hydrogens (primary N) is 1. The Morgan fingerprint density at radius 2 is 2.06 bits per heavy atom. The summed E-state index contributed by atoms with van der Waals surface area (Å²) >= 11 is 0. The lowest BCUT2D eigenvalue weighted by atomic mass is 9.98. The first kappa shape index (κ1) is 14.0. The molecule has 0 fully saturated rings. The van der Waals surface area contributed by atoms with Gasteiger partial charge in [-0.1, -0.05) is 0 Å². The van der Waals surface area contributed by atoms with E-state index < -0.39 is 18.0 Å². The van der Waals surface area contributed by atoms with Gasteiger partial charge in [0.2, 0.25) is 0 Å². The molecular weight excluding hydrogens is 238 g/mol. The maximum atomic E-state index is 11.1. The van der Waals surface area contributed by atoms with E-state index in [2.05, 4.69) is 4.74 Å². The summed E-state index contributed by atoms with van der Waals surface area (Å²) < 4.78 is 4.47. The molecule has 0 aliphatic carbocycles. The molecule has 4 N–H and O–H groups in total. The van der Waals surface area contributed by atoms with E-state index in [1.165, 1.54) is 19.2 Å². The van der Waals surface area contributed by atoms with E-state index in [-0.39, 0.29) is 23.3 Å². The first-order chi connectivity index (χ1) is 8.36. The summed E-state index contributed by atoms with van der Waals surface area (Å²) in [5, 5.41) is 18.8.